The molecule has 0 radical (unpaired) electrons. The van der Waals surface area contributed by atoms with E-state index in [2.05, 4.69) is 15.0 Å². The van der Waals surface area contributed by atoms with E-state index in [1.807, 2.05) is 65.8 Å². The second-order valence-electron chi connectivity index (χ2n) is 4.49. The van der Waals surface area contributed by atoms with Gasteiger partial charge in [0.1, 0.15) is 5.52 Å². The first-order valence-corrected chi connectivity index (χ1v) is 8.70. The summed E-state index contributed by atoms with van der Waals surface area (Å²) in [5.41, 5.74) is 1.43. The Morgan fingerprint density at radius 2 is 1.88 bits per heavy atom. The Morgan fingerprint density at radius 3 is 2.40 bits per heavy atom. The summed E-state index contributed by atoms with van der Waals surface area (Å²) >= 11 is 0. The summed E-state index contributed by atoms with van der Waals surface area (Å²) in [6.45, 7) is 13.5. The molecule has 0 fully saturated rings. The number of fused-ring (bicyclic) bond motifs is 1. The maximum Gasteiger partial charge on any atom is 0.246 e. The highest BCUT2D eigenvalue weighted by molar-refractivity contribution is 6.00. The van der Waals surface area contributed by atoms with Crippen LogP contribution < -0.4 is 0 Å². The van der Waals surface area contributed by atoms with Gasteiger partial charge in [-0.15, -0.1) is 0 Å². The number of pyridine rings is 1. The van der Waals surface area contributed by atoms with Gasteiger partial charge < -0.3 is 9.15 Å². The molecule has 1 aliphatic heterocycles. The summed E-state index contributed by atoms with van der Waals surface area (Å²) in [6.07, 6.45) is 6.21. The zero-order valence-corrected chi connectivity index (χ0v) is 16.3. The van der Waals surface area contributed by atoms with Crippen molar-refractivity contribution in [2.75, 3.05) is 0 Å². The van der Waals surface area contributed by atoms with Gasteiger partial charge in [-0.2, -0.15) is 4.99 Å². The third-order valence-electron chi connectivity index (χ3n) is 2.75. The van der Waals surface area contributed by atoms with Crippen LogP contribution in [0.4, 0.5) is 0 Å². The summed E-state index contributed by atoms with van der Waals surface area (Å²) < 4.78 is 10.4. The smallest absolute Gasteiger partial charge is 0.246 e. The molecular weight excluding hydrogens is 316 g/mol. The first kappa shape index (κ1) is 22.5. The van der Waals surface area contributed by atoms with Crippen molar-refractivity contribution in [3.63, 3.8) is 0 Å². The average molecular weight is 346 g/mol. The van der Waals surface area contributed by atoms with Crippen LogP contribution in [0.2, 0.25) is 0 Å². The van der Waals surface area contributed by atoms with Crippen molar-refractivity contribution < 1.29 is 9.15 Å². The number of oxazole rings is 1. The standard InChI is InChI=1S/C8H12N2O.C7H6N2O.2C2H6/c1-3-4-5-7-8(9)10-6(2)11-7;1-5-9-6-3-2-4-8-7(6)10-5;2*1-2/h3-4,7,9H,5H2,1-2H3;2-4H,1H3;2*1-2H3/b4-3-,9-8?;;;. The Balaban J connectivity index is 0.000000385. The minimum Gasteiger partial charge on any atom is -0.469 e. The minimum absolute atomic E-state index is 0.147. The van der Waals surface area contributed by atoms with E-state index < -0.39 is 0 Å². The van der Waals surface area contributed by atoms with E-state index in [0.29, 0.717) is 23.3 Å². The molecule has 0 bridgehead atoms. The van der Waals surface area contributed by atoms with Gasteiger partial charge in [-0.25, -0.2) is 9.97 Å². The van der Waals surface area contributed by atoms with Crippen LogP contribution in [0, 0.1) is 12.3 Å². The Morgan fingerprint density at radius 1 is 1.20 bits per heavy atom. The molecule has 0 spiro atoms. The molecule has 6 heteroatoms. The first-order chi connectivity index (χ1) is 12.1. The van der Waals surface area contributed by atoms with Crippen LogP contribution >= 0.6 is 0 Å². The van der Waals surface area contributed by atoms with Crippen LogP contribution in [0.3, 0.4) is 0 Å². The summed E-state index contributed by atoms with van der Waals surface area (Å²) in [5, 5.41) is 7.37. The molecule has 1 aliphatic rings. The normalized spacial score (nSPS) is 15.2. The van der Waals surface area contributed by atoms with Crippen LogP contribution in [0.15, 0.2) is 39.9 Å². The summed E-state index contributed by atoms with van der Waals surface area (Å²) in [6, 6.07) is 3.71. The number of aliphatic imine (C=N–C) groups is 1. The molecule has 2 aromatic rings. The molecule has 6 nitrogen and oxygen atoms in total. The molecule has 25 heavy (non-hydrogen) atoms. The Bertz CT molecular complexity index is 657. The maximum atomic E-state index is 7.37. The largest absolute Gasteiger partial charge is 0.469 e. The van der Waals surface area contributed by atoms with E-state index in [4.69, 9.17) is 14.6 Å². The number of aryl methyl sites for hydroxylation is 1. The molecule has 0 saturated carbocycles. The molecular formula is C19H30N4O2. The first-order valence-electron chi connectivity index (χ1n) is 8.70. The Hall–Kier alpha value is -2.50. The molecule has 2 aromatic heterocycles. The number of allylic oxidation sites excluding steroid dienone is 1. The van der Waals surface area contributed by atoms with E-state index in [1.54, 1.807) is 13.1 Å². The summed E-state index contributed by atoms with van der Waals surface area (Å²) in [5.74, 6) is 1.60. The molecule has 0 aliphatic carbocycles. The predicted molar refractivity (Wildman–Crippen MR) is 104 cm³/mol. The number of aromatic nitrogens is 2. The fourth-order valence-electron chi connectivity index (χ4n) is 1.83. The third-order valence-corrected chi connectivity index (χ3v) is 2.75. The van der Waals surface area contributed by atoms with Gasteiger partial charge in [0, 0.05) is 26.5 Å². The average Bonchev–Trinajstić information content (AvgIpc) is 3.17. The zero-order chi connectivity index (χ0) is 19.2. The SMILES string of the molecule is C/C=C\CC1OC(C)=NC1=N.CC.CC.Cc1nc2cccnc2o1. The highest BCUT2D eigenvalue weighted by Crippen LogP contribution is 2.11. The maximum absolute atomic E-state index is 7.37. The van der Waals surface area contributed by atoms with Crippen molar-refractivity contribution in [2.45, 2.75) is 61.0 Å². The van der Waals surface area contributed by atoms with Gasteiger partial charge >= 0.3 is 0 Å². The molecule has 0 aromatic carbocycles. The Labute approximate surface area is 150 Å². The number of nitrogens with zero attached hydrogens (tertiary/aromatic N) is 3. The number of hydrogen-bond acceptors (Lipinski definition) is 5. The monoisotopic (exact) mass is 346 g/mol. The number of hydrogen-bond donors (Lipinski definition) is 1. The third kappa shape index (κ3) is 7.74. The molecule has 0 saturated heterocycles. The molecule has 1 N–H and O–H groups in total. The summed E-state index contributed by atoms with van der Waals surface area (Å²) in [7, 11) is 0. The second-order valence-corrected chi connectivity index (χ2v) is 4.49. The molecule has 3 rings (SSSR count). The van der Waals surface area contributed by atoms with Gasteiger partial charge in [-0.3, -0.25) is 5.41 Å². The van der Waals surface area contributed by atoms with Crippen LogP contribution in [-0.4, -0.2) is 27.8 Å². The molecule has 1 unspecified atom stereocenters. The van der Waals surface area contributed by atoms with Crippen molar-refractivity contribution in [2.24, 2.45) is 4.99 Å². The fraction of sp³-hybridized carbons (Fsp3) is 0.474. The van der Waals surface area contributed by atoms with Crippen LogP contribution in [0.1, 0.15) is 53.9 Å². The van der Waals surface area contributed by atoms with E-state index in [-0.39, 0.29) is 6.10 Å². The van der Waals surface area contributed by atoms with Crippen molar-refractivity contribution in [3.05, 3.63) is 36.4 Å². The fourth-order valence-corrected chi connectivity index (χ4v) is 1.83. The molecule has 0 amide bonds. The lowest BCUT2D eigenvalue weighted by atomic mass is 10.2. The van der Waals surface area contributed by atoms with E-state index in [9.17, 15) is 0 Å². The van der Waals surface area contributed by atoms with Crippen molar-refractivity contribution in [1.29, 1.82) is 5.41 Å². The minimum atomic E-state index is -0.147. The lowest BCUT2D eigenvalue weighted by Gasteiger charge is -2.05. The predicted octanol–water partition coefficient (Wildman–Crippen LogP) is 5.33. The lowest BCUT2D eigenvalue weighted by molar-refractivity contribution is 0.268. The molecule has 138 valence electrons. The van der Waals surface area contributed by atoms with Gasteiger partial charge in [0.25, 0.3) is 0 Å². The zero-order valence-electron chi connectivity index (χ0n) is 16.3. The van der Waals surface area contributed by atoms with Crippen molar-refractivity contribution in [3.8, 4) is 0 Å². The topological polar surface area (TPSA) is 84.4 Å². The van der Waals surface area contributed by atoms with Gasteiger partial charge in [0.2, 0.25) is 5.71 Å². The van der Waals surface area contributed by atoms with Gasteiger partial charge in [-0.1, -0.05) is 39.8 Å². The van der Waals surface area contributed by atoms with Crippen molar-refractivity contribution >= 4 is 23.0 Å². The highest BCUT2D eigenvalue weighted by Gasteiger charge is 2.21. The second kappa shape index (κ2) is 12.9. The van der Waals surface area contributed by atoms with Gasteiger partial charge in [-0.05, 0) is 19.1 Å². The van der Waals surface area contributed by atoms with E-state index in [0.717, 1.165) is 11.9 Å². The number of nitrogens with one attached hydrogen (secondary N) is 1. The quantitative estimate of drug-likeness (QED) is 0.745. The van der Waals surface area contributed by atoms with Crippen LogP contribution in [0.25, 0.3) is 11.2 Å². The van der Waals surface area contributed by atoms with Crippen molar-refractivity contribution in [1.82, 2.24) is 9.97 Å². The van der Waals surface area contributed by atoms with Gasteiger partial charge in [0.05, 0.1) is 0 Å². The van der Waals surface area contributed by atoms with E-state index >= 15 is 0 Å². The Kier molecular flexibility index (Phi) is 11.6. The number of rotatable bonds is 2. The number of amidine groups is 1. The highest BCUT2D eigenvalue weighted by atomic mass is 16.5. The van der Waals surface area contributed by atoms with Crippen LogP contribution in [-0.2, 0) is 4.74 Å². The summed E-state index contributed by atoms with van der Waals surface area (Å²) in [4.78, 5) is 11.9. The number of ether oxygens (including phenoxy) is 1. The molecule has 1 atom stereocenters. The molecule has 3 heterocycles. The van der Waals surface area contributed by atoms with E-state index in [1.165, 1.54) is 0 Å². The van der Waals surface area contributed by atoms with Crippen LogP contribution in [0.5, 0.6) is 0 Å². The van der Waals surface area contributed by atoms with Gasteiger partial charge in [0.15, 0.2) is 23.7 Å². The lowest BCUT2D eigenvalue weighted by Crippen LogP contribution is -2.15.